The van der Waals surface area contributed by atoms with E-state index in [0.717, 1.165) is 12.0 Å². The number of benzene rings is 2. The Morgan fingerprint density at radius 1 is 0.900 bits per heavy atom. The highest BCUT2D eigenvalue weighted by Crippen LogP contribution is 2.33. The summed E-state index contributed by atoms with van der Waals surface area (Å²) >= 11 is 0. The molecule has 0 saturated heterocycles. The maximum absolute atomic E-state index is 4.21. The van der Waals surface area contributed by atoms with Crippen LogP contribution in [0.4, 0.5) is 0 Å². The summed E-state index contributed by atoms with van der Waals surface area (Å²) in [5.74, 6) is 0. The molecule has 0 heterocycles. The number of hydrogen-bond donors (Lipinski definition) is 0. The van der Waals surface area contributed by atoms with Crippen molar-refractivity contribution >= 4 is 5.57 Å². The predicted molar refractivity (Wildman–Crippen MR) is 87.6 cm³/mol. The van der Waals surface area contributed by atoms with E-state index in [0.29, 0.717) is 0 Å². The van der Waals surface area contributed by atoms with Gasteiger partial charge in [-0.25, -0.2) is 0 Å². The lowest BCUT2D eigenvalue weighted by molar-refractivity contribution is 1.27. The van der Waals surface area contributed by atoms with Gasteiger partial charge in [0.25, 0.3) is 0 Å². The van der Waals surface area contributed by atoms with E-state index >= 15 is 0 Å². The molecule has 0 atom stereocenters. The molecule has 0 nitrogen and oxygen atoms in total. The number of allylic oxidation sites excluding steroid dienone is 5. The minimum Gasteiger partial charge on any atom is -0.0911 e. The molecule has 0 saturated carbocycles. The summed E-state index contributed by atoms with van der Waals surface area (Å²) in [5.41, 5.74) is 7.51. The first kappa shape index (κ1) is 12.7. The Balaban J connectivity index is 2.30. The predicted octanol–water partition coefficient (Wildman–Crippen LogP) is 5.34. The first-order valence-electron chi connectivity index (χ1n) is 6.97. The number of rotatable bonds is 0. The van der Waals surface area contributed by atoms with Crippen molar-refractivity contribution in [3.63, 3.8) is 0 Å². The van der Waals surface area contributed by atoms with Gasteiger partial charge in [0.15, 0.2) is 0 Å². The van der Waals surface area contributed by atoms with E-state index in [2.05, 4.69) is 80.3 Å². The SMILES string of the molecule is C=C1/C=C\C=C/Cc2ccccc2-c2cc(C)ccc21. The quantitative estimate of drug-likeness (QED) is 0.598. The van der Waals surface area contributed by atoms with Gasteiger partial charge in [0, 0.05) is 0 Å². The number of fused-ring (bicyclic) bond motifs is 3. The van der Waals surface area contributed by atoms with Crippen molar-refractivity contribution in [3.8, 4) is 11.1 Å². The number of hydrogen-bond acceptors (Lipinski definition) is 0. The Bertz CT molecular complexity index is 715. The molecule has 0 unspecified atom stereocenters. The van der Waals surface area contributed by atoms with Crippen LogP contribution >= 0.6 is 0 Å². The van der Waals surface area contributed by atoms with Gasteiger partial charge >= 0.3 is 0 Å². The molecule has 2 aromatic carbocycles. The molecule has 1 aliphatic carbocycles. The van der Waals surface area contributed by atoms with Gasteiger partial charge in [0.1, 0.15) is 0 Å². The summed E-state index contributed by atoms with van der Waals surface area (Å²) in [6, 6.07) is 15.2. The van der Waals surface area contributed by atoms with Gasteiger partial charge in [-0.3, -0.25) is 0 Å². The topological polar surface area (TPSA) is 0 Å². The second kappa shape index (κ2) is 5.34. The average molecular weight is 258 g/mol. The van der Waals surface area contributed by atoms with Crippen LogP contribution in [0.25, 0.3) is 16.7 Å². The molecule has 0 amide bonds. The Morgan fingerprint density at radius 3 is 2.65 bits per heavy atom. The fraction of sp³-hybridized carbons (Fsp3) is 0.100. The summed E-state index contributed by atoms with van der Waals surface area (Å²) in [4.78, 5) is 0. The molecule has 98 valence electrons. The highest BCUT2D eigenvalue weighted by atomic mass is 14.1. The molecule has 0 N–H and O–H groups in total. The van der Waals surface area contributed by atoms with E-state index in [1.807, 2.05) is 0 Å². The third-order valence-corrected chi connectivity index (χ3v) is 3.71. The van der Waals surface area contributed by atoms with Crippen molar-refractivity contribution in [2.75, 3.05) is 0 Å². The second-order valence-electron chi connectivity index (χ2n) is 5.22. The van der Waals surface area contributed by atoms with Crippen LogP contribution in [0.1, 0.15) is 16.7 Å². The first-order valence-corrected chi connectivity index (χ1v) is 6.97. The zero-order valence-corrected chi connectivity index (χ0v) is 11.8. The van der Waals surface area contributed by atoms with Crippen molar-refractivity contribution < 1.29 is 0 Å². The fourth-order valence-electron chi connectivity index (χ4n) is 2.66. The lowest BCUT2D eigenvalue weighted by Crippen LogP contribution is -1.94. The maximum Gasteiger partial charge on any atom is -0.00882 e. The third kappa shape index (κ3) is 2.37. The Labute approximate surface area is 120 Å². The summed E-state index contributed by atoms with van der Waals surface area (Å²) in [6.45, 7) is 6.35. The molecule has 0 aromatic heterocycles. The molecule has 2 aromatic rings. The van der Waals surface area contributed by atoms with E-state index in [9.17, 15) is 0 Å². The first-order chi connectivity index (χ1) is 9.75. The highest BCUT2D eigenvalue weighted by Gasteiger charge is 2.10. The fourth-order valence-corrected chi connectivity index (χ4v) is 2.66. The lowest BCUT2D eigenvalue weighted by atomic mass is 9.89. The van der Waals surface area contributed by atoms with E-state index < -0.39 is 0 Å². The van der Waals surface area contributed by atoms with E-state index in [4.69, 9.17) is 0 Å². The van der Waals surface area contributed by atoms with Gasteiger partial charge < -0.3 is 0 Å². The van der Waals surface area contributed by atoms with Crippen molar-refractivity contribution in [3.05, 3.63) is 90.0 Å². The lowest BCUT2D eigenvalue weighted by Gasteiger charge is -2.15. The minimum atomic E-state index is 0.959. The second-order valence-corrected chi connectivity index (χ2v) is 5.22. The van der Waals surface area contributed by atoms with Crippen molar-refractivity contribution in [1.29, 1.82) is 0 Å². The van der Waals surface area contributed by atoms with Crippen molar-refractivity contribution in [1.82, 2.24) is 0 Å². The summed E-state index contributed by atoms with van der Waals surface area (Å²) in [5, 5.41) is 0. The van der Waals surface area contributed by atoms with Crippen LogP contribution in [0.3, 0.4) is 0 Å². The van der Waals surface area contributed by atoms with Gasteiger partial charge in [0.05, 0.1) is 0 Å². The maximum atomic E-state index is 4.21. The van der Waals surface area contributed by atoms with Gasteiger partial charge in [-0.2, -0.15) is 0 Å². The molecule has 0 bridgehead atoms. The highest BCUT2D eigenvalue weighted by molar-refractivity contribution is 5.86. The number of aryl methyl sites for hydroxylation is 1. The van der Waals surface area contributed by atoms with Gasteiger partial charge in [0.2, 0.25) is 0 Å². The molecule has 0 radical (unpaired) electrons. The van der Waals surface area contributed by atoms with E-state index in [1.165, 1.54) is 27.8 Å². The molecule has 3 rings (SSSR count). The molecule has 1 aliphatic rings. The van der Waals surface area contributed by atoms with Crippen molar-refractivity contribution in [2.24, 2.45) is 0 Å². The largest absolute Gasteiger partial charge is 0.0911 e. The zero-order chi connectivity index (χ0) is 13.9. The van der Waals surface area contributed by atoms with Crippen molar-refractivity contribution in [2.45, 2.75) is 13.3 Å². The van der Waals surface area contributed by atoms with Crippen LogP contribution in [0.15, 0.2) is 73.3 Å². The molecular formula is C20H18. The van der Waals surface area contributed by atoms with Crippen LogP contribution in [0.5, 0.6) is 0 Å². The van der Waals surface area contributed by atoms with Gasteiger partial charge in [-0.05, 0) is 41.2 Å². The third-order valence-electron chi connectivity index (χ3n) is 3.71. The van der Waals surface area contributed by atoms with Crippen LogP contribution in [0, 0.1) is 6.92 Å². The smallest absolute Gasteiger partial charge is 0.00882 e. The Kier molecular flexibility index (Phi) is 3.39. The van der Waals surface area contributed by atoms with Gasteiger partial charge in [-0.15, -0.1) is 0 Å². The summed E-state index contributed by atoms with van der Waals surface area (Å²) < 4.78 is 0. The van der Waals surface area contributed by atoms with Crippen LogP contribution in [0.2, 0.25) is 0 Å². The average Bonchev–Trinajstić information content (AvgIpc) is 2.46. The standard InChI is InChI=1S/C20H18/c1-15-12-13-18-16(2)8-4-3-5-9-17-10-6-7-11-19(17)20(18)14-15/h3-8,10-14H,2,9H2,1H3/b5-3-,8-4-. The normalized spacial score (nSPS) is 16.9. The summed E-state index contributed by atoms with van der Waals surface area (Å²) in [6.07, 6.45) is 9.41. The minimum absolute atomic E-state index is 0.959. The molecule has 0 heteroatoms. The molecule has 20 heavy (non-hydrogen) atoms. The van der Waals surface area contributed by atoms with Crippen LogP contribution < -0.4 is 0 Å². The molecule has 0 fully saturated rings. The Hall–Kier alpha value is -2.34. The van der Waals surface area contributed by atoms with Gasteiger partial charge in [-0.1, -0.05) is 78.9 Å². The zero-order valence-electron chi connectivity index (χ0n) is 11.8. The Morgan fingerprint density at radius 2 is 1.75 bits per heavy atom. The monoisotopic (exact) mass is 258 g/mol. The van der Waals surface area contributed by atoms with Crippen LogP contribution in [-0.4, -0.2) is 0 Å². The molecule has 0 aliphatic heterocycles. The van der Waals surface area contributed by atoms with Crippen LogP contribution in [-0.2, 0) is 6.42 Å². The summed E-state index contributed by atoms with van der Waals surface area (Å²) in [7, 11) is 0. The molecule has 0 spiro atoms. The van der Waals surface area contributed by atoms with E-state index in [-0.39, 0.29) is 0 Å². The van der Waals surface area contributed by atoms with E-state index in [1.54, 1.807) is 0 Å². The molecular weight excluding hydrogens is 240 g/mol.